The fourth-order valence-corrected chi connectivity index (χ4v) is 3.79. The zero-order chi connectivity index (χ0) is 17.8. The molecule has 0 radical (unpaired) electrons. The summed E-state index contributed by atoms with van der Waals surface area (Å²) in [6.45, 7) is 0. The van der Waals surface area contributed by atoms with E-state index in [0.29, 0.717) is 5.56 Å². The van der Waals surface area contributed by atoms with Gasteiger partial charge in [0.1, 0.15) is 11.5 Å². The Morgan fingerprint density at radius 2 is 1.42 bits per heavy atom. The number of carbonyl (C=O) groups excluding carboxylic acids is 1. The van der Waals surface area contributed by atoms with Crippen LogP contribution >= 0.6 is 0 Å². The molecule has 5 aromatic rings. The summed E-state index contributed by atoms with van der Waals surface area (Å²) in [6, 6.07) is 13.8. The molecule has 0 unspecified atom stereocenters. The van der Waals surface area contributed by atoms with Crippen LogP contribution in [0.25, 0.3) is 43.6 Å². The second kappa shape index (κ2) is 5.26. The lowest BCUT2D eigenvalue weighted by atomic mass is 10.0. The third kappa shape index (κ3) is 1.88. The Morgan fingerprint density at radius 3 is 2.08 bits per heavy atom. The maximum atomic E-state index is 12.0. The number of benzene rings is 3. The Bertz CT molecular complexity index is 1320. The van der Waals surface area contributed by atoms with Crippen LogP contribution < -0.4 is 9.47 Å². The van der Waals surface area contributed by atoms with Crippen molar-refractivity contribution in [3.63, 3.8) is 0 Å². The molecule has 2 aromatic heterocycles. The van der Waals surface area contributed by atoms with Gasteiger partial charge in [0.25, 0.3) is 0 Å². The van der Waals surface area contributed by atoms with Gasteiger partial charge in [-0.2, -0.15) is 0 Å². The highest BCUT2D eigenvalue weighted by atomic mass is 16.5. The lowest BCUT2D eigenvalue weighted by Gasteiger charge is -2.02. The molecule has 0 spiro atoms. The van der Waals surface area contributed by atoms with Crippen molar-refractivity contribution in [3.05, 3.63) is 48.0 Å². The van der Waals surface area contributed by atoms with Crippen LogP contribution in [0.2, 0.25) is 0 Å². The van der Waals surface area contributed by atoms with Crippen molar-refractivity contribution < 1.29 is 14.3 Å². The largest absolute Gasteiger partial charge is 0.497 e. The van der Waals surface area contributed by atoms with Crippen molar-refractivity contribution in [2.75, 3.05) is 14.2 Å². The number of methoxy groups -OCH3 is 2. The van der Waals surface area contributed by atoms with Crippen LogP contribution in [0.15, 0.2) is 42.5 Å². The standard InChI is InChI=1S/C21H16N2O3/c1-25-11-3-5-17-13(7-11)14-9-19-20(16(10-24)21(14)23-17)15-8-12(26-2)4-6-18(15)22-19/h3-10,22-23H,1-2H3. The number of H-pyrrole nitrogens is 2. The third-order valence-corrected chi connectivity index (χ3v) is 5.03. The first-order chi connectivity index (χ1) is 12.7. The molecule has 0 saturated carbocycles. The van der Waals surface area contributed by atoms with E-state index >= 15 is 0 Å². The number of rotatable bonds is 3. The van der Waals surface area contributed by atoms with Crippen LogP contribution in [-0.4, -0.2) is 30.5 Å². The molecule has 5 nitrogen and oxygen atoms in total. The highest BCUT2D eigenvalue weighted by molar-refractivity contribution is 6.24. The van der Waals surface area contributed by atoms with Gasteiger partial charge < -0.3 is 19.4 Å². The van der Waals surface area contributed by atoms with Crippen molar-refractivity contribution in [1.82, 2.24) is 9.97 Å². The summed E-state index contributed by atoms with van der Waals surface area (Å²) in [5.41, 5.74) is 4.34. The Kier molecular flexibility index (Phi) is 3.00. The molecule has 0 fully saturated rings. The molecule has 0 aliphatic rings. The van der Waals surface area contributed by atoms with Crippen molar-refractivity contribution in [1.29, 1.82) is 0 Å². The number of hydrogen-bond donors (Lipinski definition) is 2. The normalized spacial score (nSPS) is 11.6. The number of carbonyl (C=O) groups is 1. The van der Waals surface area contributed by atoms with E-state index in [1.807, 2.05) is 36.4 Å². The monoisotopic (exact) mass is 344 g/mol. The van der Waals surface area contributed by atoms with Crippen molar-refractivity contribution in [3.8, 4) is 11.5 Å². The van der Waals surface area contributed by atoms with E-state index in [2.05, 4.69) is 16.0 Å². The van der Waals surface area contributed by atoms with Crippen LogP contribution in [0.4, 0.5) is 0 Å². The molecule has 0 bridgehead atoms. The maximum Gasteiger partial charge on any atom is 0.152 e. The van der Waals surface area contributed by atoms with E-state index in [9.17, 15) is 4.79 Å². The maximum absolute atomic E-state index is 12.0. The van der Waals surface area contributed by atoms with E-state index in [-0.39, 0.29) is 0 Å². The van der Waals surface area contributed by atoms with E-state index < -0.39 is 0 Å². The molecule has 0 aliphatic carbocycles. The molecule has 0 atom stereocenters. The fraction of sp³-hybridized carbons (Fsp3) is 0.0952. The number of ether oxygens (including phenoxy) is 2. The van der Waals surface area contributed by atoms with Gasteiger partial charge in [-0.1, -0.05) is 0 Å². The van der Waals surface area contributed by atoms with E-state index in [4.69, 9.17) is 9.47 Å². The van der Waals surface area contributed by atoms with Gasteiger partial charge in [0.2, 0.25) is 0 Å². The number of hydrogen-bond acceptors (Lipinski definition) is 3. The minimum Gasteiger partial charge on any atom is -0.497 e. The average molecular weight is 344 g/mol. The number of aromatic amines is 2. The summed E-state index contributed by atoms with van der Waals surface area (Å²) < 4.78 is 10.7. The van der Waals surface area contributed by atoms with Crippen LogP contribution in [0.3, 0.4) is 0 Å². The summed E-state index contributed by atoms with van der Waals surface area (Å²) in [4.78, 5) is 18.9. The molecule has 2 N–H and O–H groups in total. The zero-order valence-corrected chi connectivity index (χ0v) is 14.3. The number of nitrogens with one attached hydrogen (secondary N) is 2. The predicted molar refractivity (Wildman–Crippen MR) is 104 cm³/mol. The topological polar surface area (TPSA) is 67.1 Å². The minimum atomic E-state index is 0.646. The summed E-state index contributed by atoms with van der Waals surface area (Å²) in [7, 11) is 3.29. The van der Waals surface area contributed by atoms with Crippen molar-refractivity contribution >= 4 is 49.9 Å². The molecule has 0 amide bonds. The quantitative estimate of drug-likeness (QED) is 0.463. The minimum absolute atomic E-state index is 0.646. The second-order valence-corrected chi connectivity index (χ2v) is 6.33. The Labute approximate surface area is 148 Å². The molecule has 5 rings (SSSR count). The van der Waals surface area contributed by atoms with Gasteiger partial charge in [0.15, 0.2) is 6.29 Å². The summed E-state index contributed by atoms with van der Waals surface area (Å²) in [5.74, 6) is 1.55. The molecule has 0 aliphatic heterocycles. The Hall–Kier alpha value is -3.47. The highest BCUT2D eigenvalue weighted by Crippen LogP contribution is 2.38. The molecule has 5 heteroatoms. The van der Waals surface area contributed by atoms with E-state index in [1.165, 1.54) is 0 Å². The SMILES string of the molecule is COc1ccc2[nH]c3c(C=O)c4c(cc3c2c1)[nH]c1ccc(OC)cc14. The molecule has 128 valence electrons. The number of aromatic nitrogens is 2. The van der Waals surface area contributed by atoms with Gasteiger partial charge in [-0.25, -0.2) is 0 Å². The van der Waals surface area contributed by atoms with Gasteiger partial charge in [0, 0.05) is 43.7 Å². The average Bonchev–Trinajstić information content (AvgIpc) is 3.22. The van der Waals surface area contributed by atoms with Crippen molar-refractivity contribution in [2.24, 2.45) is 0 Å². The molecular weight excluding hydrogens is 328 g/mol. The predicted octanol–water partition coefficient (Wildman–Crippen LogP) is 4.79. The first kappa shape index (κ1) is 14.8. The first-order valence-corrected chi connectivity index (χ1v) is 8.30. The van der Waals surface area contributed by atoms with Gasteiger partial charge >= 0.3 is 0 Å². The Morgan fingerprint density at radius 1 is 0.769 bits per heavy atom. The molecule has 3 aromatic carbocycles. The van der Waals surface area contributed by atoms with Crippen LogP contribution in [-0.2, 0) is 0 Å². The van der Waals surface area contributed by atoms with Gasteiger partial charge in [-0.05, 0) is 42.5 Å². The number of aldehydes is 1. The van der Waals surface area contributed by atoms with E-state index in [1.54, 1.807) is 14.2 Å². The third-order valence-electron chi connectivity index (χ3n) is 5.03. The molecular formula is C21H16N2O3. The van der Waals surface area contributed by atoms with Crippen LogP contribution in [0, 0.1) is 0 Å². The fourth-order valence-electron chi connectivity index (χ4n) is 3.79. The lowest BCUT2D eigenvalue weighted by Crippen LogP contribution is -1.86. The summed E-state index contributed by atoms with van der Waals surface area (Å²) >= 11 is 0. The van der Waals surface area contributed by atoms with E-state index in [0.717, 1.165) is 61.4 Å². The molecule has 0 saturated heterocycles. The van der Waals surface area contributed by atoms with Crippen LogP contribution in [0.5, 0.6) is 11.5 Å². The highest BCUT2D eigenvalue weighted by Gasteiger charge is 2.17. The first-order valence-electron chi connectivity index (χ1n) is 8.30. The lowest BCUT2D eigenvalue weighted by molar-refractivity contribution is 0.112. The Balaban J connectivity index is 1.98. The van der Waals surface area contributed by atoms with Gasteiger partial charge in [0.05, 0.1) is 19.7 Å². The smallest absolute Gasteiger partial charge is 0.152 e. The van der Waals surface area contributed by atoms with Gasteiger partial charge in [-0.3, -0.25) is 4.79 Å². The van der Waals surface area contributed by atoms with Crippen LogP contribution in [0.1, 0.15) is 10.4 Å². The summed E-state index contributed by atoms with van der Waals surface area (Å²) in [6.07, 6.45) is 0.921. The molecule has 2 heterocycles. The van der Waals surface area contributed by atoms with Crippen molar-refractivity contribution in [2.45, 2.75) is 0 Å². The molecule has 26 heavy (non-hydrogen) atoms. The zero-order valence-electron chi connectivity index (χ0n) is 14.3. The second-order valence-electron chi connectivity index (χ2n) is 6.33. The van der Waals surface area contributed by atoms with Gasteiger partial charge in [-0.15, -0.1) is 0 Å². The summed E-state index contributed by atoms with van der Waals surface area (Å²) in [5, 5.41) is 3.90. The number of fused-ring (bicyclic) bond motifs is 6.